The predicted octanol–water partition coefficient (Wildman–Crippen LogP) is 4.52. The molecule has 1 saturated heterocycles. The molecule has 2 aromatic rings. The lowest BCUT2D eigenvalue weighted by molar-refractivity contribution is -0.135. The van der Waals surface area contributed by atoms with Crippen LogP contribution in [-0.4, -0.2) is 29.3 Å². The lowest BCUT2D eigenvalue weighted by Gasteiger charge is -2.27. The summed E-state index contributed by atoms with van der Waals surface area (Å²) in [5.74, 6) is -1.30. The molecule has 2 N–H and O–H groups in total. The highest BCUT2D eigenvalue weighted by molar-refractivity contribution is 6.09. The van der Waals surface area contributed by atoms with Crippen LogP contribution in [0, 0.1) is 5.82 Å². The van der Waals surface area contributed by atoms with Gasteiger partial charge in [-0.3, -0.25) is 14.5 Å². The molecule has 2 aromatic carbocycles. The summed E-state index contributed by atoms with van der Waals surface area (Å²) in [7, 11) is 0. The van der Waals surface area contributed by atoms with Gasteiger partial charge in [-0.25, -0.2) is 9.18 Å². The van der Waals surface area contributed by atoms with Gasteiger partial charge >= 0.3 is 6.03 Å². The molecular formula is C27H32FN3O3. The smallest absolute Gasteiger partial charge is 0.325 e. The van der Waals surface area contributed by atoms with Crippen LogP contribution < -0.4 is 10.6 Å². The van der Waals surface area contributed by atoms with Gasteiger partial charge in [-0.05, 0) is 73.4 Å². The van der Waals surface area contributed by atoms with Gasteiger partial charge in [-0.15, -0.1) is 0 Å². The molecular weight excluding hydrogens is 433 g/mol. The van der Waals surface area contributed by atoms with Crippen LogP contribution >= 0.6 is 0 Å². The largest absolute Gasteiger partial charge is 0.348 e. The number of halogens is 1. The molecule has 1 heterocycles. The quantitative estimate of drug-likeness (QED) is 0.563. The Hall–Kier alpha value is -3.22. The van der Waals surface area contributed by atoms with E-state index >= 15 is 0 Å². The van der Waals surface area contributed by atoms with Crippen LogP contribution in [0.5, 0.6) is 0 Å². The Labute approximate surface area is 199 Å². The molecule has 7 heteroatoms. The zero-order chi connectivity index (χ0) is 24.3. The minimum Gasteiger partial charge on any atom is -0.348 e. The molecule has 0 aromatic heterocycles. The number of rotatable bonds is 8. The fraction of sp³-hybridized carbons (Fsp3) is 0.444. The molecule has 1 fully saturated rings. The summed E-state index contributed by atoms with van der Waals surface area (Å²) in [4.78, 5) is 40.0. The van der Waals surface area contributed by atoms with Crippen molar-refractivity contribution in [2.45, 2.75) is 70.4 Å². The van der Waals surface area contributed by atoms with Gasteiger partial charge in [0, 0.05) is 0 Å². The first-order valence-corrected chi connectivity index (χ1v) is 12.2. The summed E-state index contributed by atoms with van der Waals surface area (Å²) in [6, 6.07) is 11.1. The molecule has 0 bridgehead atoms. The molecule has 180 valence electrons. The second-order valence-corrected chi connectivity index (χ2v) is 9.36. The number of hydrogen-bond donors (Lipinski definition) is 2. The molecule has 0 unspecified atom stereocenters. The number of hydrogen-bond acceptors (Lipinski definition) is 3. The van der Waals surface area contributed by atoms with E-state index in [2.05, 4.69) is 22.8 Å². The van der Waals surface area contributed by atoms with Crippen molar-refractivity contribution in [3.05, 3.63) is 70.5 Å². The molecule has 0 radical (unpaired) electrons. The van der Waals surface area contributed by atoms with E-state index in [0.29, 0.717) is 18.4 Å². The summed E-state index contributed by atoms with van der Waals surface area (Å²) < 4.78 is 13.5. The molecule has 0 saturated carbocycles. The van der Waals surface area contributed by atoms with Crippen molar-refractivity contribution < 1.29 is 18.8 Å². The summed E-state index contributed by atoms with van der Waals surface area (Å²) in [6.07, 6.45) is 6.43. The van der Waals surface area contributed by atoms with Gasteiger partial charge in [-0.2, -0.15) is 0 Å². The van der Waals surface area contributed by atoms with Crippen LogP contribution in [-0.2, 0) is 28.0 Å². The third kappa shape index (κ3) is 4.69. The van der Waals surface area contributed by atoms with Crippen LogP contribution in [0.1, 0.15) is 74.2 Å². The molecule has 6 nitrogen and oxygen atoms in total. The Morgan fingerprint density at radius 3 is 2.53 bits per heavy atom. The number of imide groups is 1. The third-order valence-corrected chi connectivity index (χ3v) is 6.97. The van der Waals surface area contributed by atoms with Crippen LogP contribution in [0.3, 0.4) is 0 Å². The zero-order valence-corrected chi connectivity index (χ0v) is 19.8. The van der Waals surface area contributed by atoms with Gasteiger partial charge in [0.05, 0.1) is 6.04 Å². The van der Waals surface area contributed by atoms with Crippen molar-refractivity contribution in [3.8, 4) is 0 Å². The fourth-order valence-corrected chi connectivity index (χ4v) is 4.99. The molecule has 0 spiro atoms. The zero-order valence-electron chi connectivity index (χ0n) is 19.8. The number of nitrogens with one attached hydrogen (secondary N) is 2. The van der Waals surface area contributed by atoms with Crippen molar-refractivity contribution in [1.82, 2.24) is 15.5 Å². The van der Waals surface area contributed by atoms with Crippen LogP contribution in [0.15, 0.2) is 42.5 Å². The van der Waals surface area contributed by atoms with E-state index in [1.807, 2.05) is 19.9 Å². The Morgan fingerprint density at radius 1 is 1.12 bits per heavy atom. The maximum absolute atomic E-state index is 13.5. The fourth-order valence-electron chi connectivity index (χ4n) is 4.99. The number of urea groups is 1. The summed E-state index contributed by atoms with van der Waals surface area (Å²) in [5.41, 5.74) is 2.95. The van der Waals surface area contributed by atoms with E-state index in [0.717, 1.165) is 29.7 Å². The highest BCUT2D eigenvalue weighted by Gasteiger charge is 2.52. The molecule has 2 aliphatic rings. The number of unbranched alkanes of at least 4 members (excludes halogenated alkanes) is 1. The van der Waals surface area contributed by atoms with Gasteiger partial charge in [0.2, 0.25) is 5.91 Å². The number of fused-ring (bicyclic) bond motifs is 1. The van der Waals surface area contributed by atoms with Gasteiger partial charge < -0.3 is 10.6 Å². The van der Waals surface area contributed by atoms with E-state index in [-0.39, 0.29) is 12.6 Å². The number of aryl methyl sites for hydroxylation is 2. The van der Waals surface area contributed by atoms with Crippen LogP contribution in [0.4, 0.5) is 9.18 Å². The average molecular weight is 466 g/mol. The standard InChI is InChI=1S/C27H32FN3O3/c1-3-4-15-27(22-11-13-23(28)14-12-22)25(33)31(26(34)30-27)17-24(32)29-18(2)20-10-9-19-7-5-6-8-21(19)16-20/h9-14,16,18H,3-8,15,17H2,1-2H3,(H,29,32)(H,30,34)/t18-,27-/m0/s1. The topological polar surface area (TPSA) is 78.5 Å². The highest BCUT2D eigenvalue weighted by atomic mass is 19.1. The number of carbonyl (C=O) groups excluding carboxylic acids is 3. The summed E-state index contributed by atoms with van der Waals surface area (Å²) in [5, 5.41) is 5.72. The number of nitrogens with zero attached hydrogens (tertiary/aromatic N) is 1. The maximum Gasteiger partial charge on any atom is 0.325 e. The molecule has 1 aliphatic heterocycles. The maximum atomic E-state index is 13.5. The Morgan fingerprint density at radius 2 is 1.82 bits per heavy atom. The molecule has 34 heavy (non-hydrogen) atoms. The first kappa shape index (κ1) is 23.9. The van der Waals surface area contributed by atoms with Crippen molar-refractivity contribution in [2.75, 3.05) is 6.54 Å². The van der Waals surface area contributed by atoms with Crippen molar-refractivity contribution in [3.63, 3.8) is 0 Å². The number of amides is 4. The van der Waals surface area contributed by atoms with E-state index in [9.17, 15) is 18.8 Å². The van der Waals surface area contributed by atoms with Crippen LogP contribution in [0.25, 0.3) is 0 Å². The Balaban J connectivity index is 1.47. The first-order chi connectivity index (χ1) is 16.3. The van der Waals surface area contributed by atoms with Crippen molar-refractivity contribution in [2.24, 2.45) is 0 Å². The first-order valence-electron chi connectivity index (χ1n) is 12.2. The van der Waals surface area contributed by atoms with Gasteiger partial charge in [-0.1, -0.05) is 50.1 Å². The minimum atomic E-state index is -1.29. The van der Waals surface area contributed by atoms with Gasteiger partial charge in [0.25, 0.3) is 5.91 Å². The van der Waals surface area contributed by atoms with E-state index in [4.69, 9.17) is 0 Å². The third-order valence-electron chi connectivity index (χ3n) is 6.97. The monoisotopic (exact) mass is 465 g/mol. The summed E-state index contributed by atoms with van der Waals surface area (Å²) in [6.45, 7) is 3.53. The van der Waals surface area contributed by atoms with E-state index < -0.39 is 29.2 Å². The Kier molecular flexibility index (Phi) is 7.00. The number of benzene rings is 2. The second kappa shape index (κ2) is 9.95. The Bertz CT molecular complexity index is 1090. The highest BCUT2D eigenvalue weighted by Crippen LogP contribution is 2.34. The average Bonchev–Trinajstić information content (AvgIpc) is 3.07. The SMILES string of the molecule is CCCC[C@@]1(c2ccc(F)cc2)NC(=O)N(CC(=O)N[C@@H](C)c2ccc3c(c2)CCCC3)C1=O. The van der Waals surface area contributed by atoms with E-state index in [1.54, 1.807) is 0 Å². The van der Waals surface area contributed by atoms with Crippen molar-refractivity contribution >= 4 is 17.8 Å². The predicted molar refractivity (Wildman–Crippen MR) is 127 cm³/mol. The second-order valence-electron chi connectivity index (χ2n) is 9.36. The summed E-state index contributed by atoms with van der Waals surface area (Å²) >= 11 is 0. The lowest BCUT2D eigenvalue weighted by Crippen LogP contribution is -2.45. The molecule has 2 atom stereocenters. The number of carbonyl (C=O) groups is 3. The molecule has 4 rings (SSSR count). The van der Waals surface area contributed by atoms with E-state index in [1.165, 1.54) is 48.2 Å². The van der Waals surface area contributed by atoms with Crippen LogP contribution in [0.2, 0.25) is 0 Å². The van der Waals surface area contributed by atoms with Gasteiger partial charge in [0.15, 0.2) is 0 Å². The molecule has 4 amide bonds. The van der Waals surface area contributed by atoms with Crippen molar-refractivity contribution in [1.29, 1.82) is 0 Å². The minimum absolute atomic E-state index is 0.248. The lowest BCUT2D eigenvalue weighted by atomic mass is 9.85. The molecule has 1 aliphatic carbocycles. The normalized spacial score (nSPS) is 20.6. The van der Waals surface area contributed by atoms with Gasteiger partial charge in [0.1, 0.15) is 17.9 Å².